The van der Waals surface area contributed by atoms with Crippen molar-refractivity contribution in [2.45, 2.75) is 6.18 Å². The minimum Gasteiger partial charge on any atom is -0.364 e. The molecule has 0 bridgehead atoms. The van der Waals surface area contributed by atoms with Crippen molar-refractivity contribution >= 4 is 32.5 Å². The lowest BCUT2D eigenvalue weighted by Gasteiger charge is -2.15. The molecule has 5 rings (SSSR count). The fraction of sp³-hybridized carbons (Fsp3) is 0.0714. The van der Waals surface area contributed by atoms with Gasteiger partial charge < -0.3 is 10.3 Å². The molecule has 0 saturated heterocycles. The van der Waals surface area contributed by atoms with E-state index in [1.807, 2.05) is 0 Å². The fourth-order valence-corrected chi connectivity index (χ4v) is 5.01. The number of fused-ring (bicyclic) bond motifs is 1. The molecule has 2 aromatic heterocycles. The van der Waals surface area contributed by atoms with E-state index in [0.717, 1.165) is 24.6 Å². The Balaban J connectivity index is 1.79. The third-order valence-corrected chi connectivity index (χ3v) is 6.77. The molecule has 210 valence electrons. The maximum atomic E-state index is 14.9. The van der Waals surface area contributed by atoms with Crippen LogP contribution in [0.3, 0.4) is 0 Å². The summed E-state index contributed by atoms with van der Waals surface area (Å²) < 4.78 is 95.3. The zero-order chi connectivity index (χ0) is 29.7. The summed E-state index contributed by atoms with van der Waals surface area (Å²) in [5.74, 6) is -2.55. The van der Waals surface area contributed by atoms with Gasteiger partial charge in [0.2, 0.25) is 10.0 Å². The molecule has 0 fully saturated rings. The maximum absolute atomic E-state index is 14.9. The lowest BCUT2D eigenvalue weighted by molar-refractivity contribution is -0.141. The molecule has 0 atom stereocenters. The predicted octanol–water partition coefficient (Wildman–Crippen LogP) is 6.13. The number of primary amides is 1. The van der Waals surface area contributed by atoms with E-state index in [-0.39, 0.29) is 33.8 Å². The van der Waals surface area contributed by atoms with Crippen LogP contribution in [0.25, 0.3) is 38.8 Å². The Kier molecular flexibility index (Phi) is 6.77. The van der Waals surface area contributed by atoms with Gasteiger partial charge in [0.05, 0.1) is 17.5 Å². The van der Waals surface area contributed by atoms with Gasteiger partial charge in [-0.15, -0.1) is 0 Å². The molecule has 0 aliphatic rings. The number of aromatic nitrogens is 2. The Labute approximate surface area is 230 Å². The van der Waals surface area contributed by atoms with Crippen molar-refractivity contribution in [2.75, 3.05) is 11.0 Å². The number of benzene rings is 3. The standard InChI is InChI=1S/C28H19F5N4O3S/c1-41(39,40)36-20-5-2-15-11-25(27(34)38)37(24(15)13-20)21-9-17(16-3-7-26(35-14-16)28(31,32)33)8-18(10-21)22-6-4-19(29)12-23(22)30/h2-14,36H,1H3,(H2,34,38). The Morgan fingerprint density at radius 3 is 2.24 bits per heavy atom. The molecule has 1 amide bonds. The van der Waals surface area contributed by atoms with Crippen molar-refractivity contribution < 1.29 is 35.2 Å². The van der Waals surface area contributed by atoms with E-state index in [4.69, 9.17) is 5.73 Å². The molecule has 0 unspecified atom stereocenters. The Bertz CT molecular complexity index is 1940. The molecular weight excluding hydrogens is 567 g/mol. The van der Waals surface area contributed by atoms with Gasteiger partial charge in [-0.2, -0.15) is 13.2 Å². The Hall–Kier alpha value is -4.78. The van der Waals surface area contributed by atoms with E-state index < -0.39 is 39.4 Å². The van der Waals surface area contributed by atoms with Gasteiger partial charge in [0, 0.05) is 34.5 Å². The maximum Gasteiger partial charge on any atom is 0.433 e. The number of halogens is 5. The van der Waals surface area contributed by atoms with Crippen LogP contribution in [0, 0.1) is 11.6 Å². The molecule has 2 heterocycles. The second-order valence-corrected chi connectivity index (χ2v) is 10.9. The van der Waals surface area contributed by atoms with Gasteiger partial charge in [-0.25, -0.2) is 17.2 Å². The third-order valence-electron chi connectivity index (χ3n) is 6.17. The number of carbonyl (C=O) groups excluding carboxylic acids is 1. The van der Waals surface area contributed by atoms with Crippen molar-refractivity contribution in [1.82, 2.24) is 9.55 Å². The summed E-state index contributed by atoms with van der Waals surface area (Å²) in [5, 5.41) is 0.508. The fourth-order valence-electron chi connectivity index (χ4n) is 4.46. The number of rotatable bonds is 6. The van der Waals surface area contributed by atoms with Crippen molar-refractivity contribution in [2.24, 2.45) is 5.73 Å². The molecule has 7 nitrogen and oxygen atoms in total. The molecule has 0 saturated carbocycles. The van der Waals surface area contributed by atoms with Crippen LogP contribution in [0.2, 0.25) is 0 Å². The molecule has 5 aromatic rings. The molecule has 0 radical (unpaired) electrons. The highest BCUT2D eigenvalue weighted by Crippen LogP contribution is 2.35. The molecule has 41 heavy (non-hydrogen) atoms. The minimum absolute atomic E-state index is 0.00951. The van der Waals surface area contributed by atoms with E-state index in [1.165, 1.54) is 53.1 Å². The summed E-state index contributed by atoms with van der Waals surface area (Å²) in [4.78, 5) is 16.0. The normalized spacial score (nSPS) is 12.0. The van der Waals surface area contributed by atoms with Crippen LogP contribution >= 0.6 is 0 Å². The van der Waals surface area contributed by atoms with E-state index in [2.05, 4.69) is 9.71 Å². The molecule has 0 aliphatic carbocycles. The largest absolute Gasteiger partial charge is 0.433 e. The van der Waals surface area contributed by atoms with Gasteiger partial charge in [0.15, 0.2) is 0 Å². The van der Waals surface area contributed by atoms with Gasteiger partial charge in [-0.05, 0) is 65.7 Å². The molecular formula is C28H19F5N4O3S. The summed E-state index contributed by atoms with van der Waals surface area (Å²) in [6, 6.07) is 15.4. The first-order valence-corrected chi connectivity index (χ1v) is 13.7. The van der Waals surface area contributed by atoms with Crippen LogP contribution in [-0.2, 0) is 16.2 Å². The number of nitrogens with two attached hydrogens (primary N) is 1. The number of nitrogens with zero attached hydrogens (tertiary/aromatic N) is 2. The molecule has 3 aromatic carbocycles. The van der Waals surface area contributed by atoms with E-state index in [0.29, 0.717) is 22.5 Å². The van der Waals surface area contributed by atoms with Crippen LogP contribution in [0.5, 0.6) is 0 Å². The van der Waals surface area contributed by atoms with Crippen molar-refractivity contribution in [3.8, 4) is 27.9 Å². The smallest absolute Gasteiger partial charge is 0.364 e. The highest BCUT2D eigenvalue weighted by atomic mass is 32.2. The van der Waals surface area contributed by atoms with Crippen LogP contribution in [-0.4, -0.2) is 30.1 Å². The van der Waals surface area contributed by atoms with Crippen LogP contribution in [0.1, 0.15) is 16.2 Å². The summed E-state index contributed by atoms with van der Waals surface area (Å²) in [6.07, 6.45) is -2.69. The average Bonchev–Trinajstić information content (AvgIpc) is 3.26. The average molecular weight is 587 g/mol. The number of hydrogen-bond acceptors (Lipinski definition) is 4. The monoisotopic (exact) mass is 586 g/mol. The van der Waals surface area contributed by atoms with Crippen LogP contribution in [0.4, 0.5) is 27.6 Å². The number of amides is 1. The van der Waals surface area contributed by atoms with E-state index >= 15 is 0 Å². The SMILES string of the molecule is CS(=O)(=O)Nc1ccc2cc(C(N)=O)n(-c3cc(-c4ccc(C(F)(F)F)nc4)cc(-c4ccc(F)cc4F)c3)c2c1. The Morgan fingerprint density at radius 1 is 0.902 bits per heavy atom. The van der Waals surface area contributed by atoms with E-state index in [9.17, 15) is 35.2 Å². The zero-order valence-electron chi connectivity index (χ0n) is 21.0. The van der Waals surface area contributed by atoms with Gasteiger partial charge in [0.1, 0.15) is 23.0 Å². The number of pyridine rings is 1. The number of anilines is 1. The molecule has 0 spiro atoms. The summed E-state index contributed by atoms with van der Waals surface area (Å²) >= 11 is 0. The topological polar surface area (TPSA) is 107 Å². The quantitative estimate of drug-likeness (QED) is 0.234. The first-order valence-electron chi connectivity index (χ1n) is 11.8. The number of nitrogens with one attached hydrogen (secondary N) is 1. The number of sulfonamides is 1. The Morgan fingerprint density at radius 2 is 1.63 bits per heavy atom. The summed E-state index contributed by atoms with van der Waals surface area (Å²) in [7, 11) is -3.65. The van der Waals surface area contributed by atoms with Gasteiger partial charge in [-0.1, -0.05) is 12.1 Å². The molecule has 0 aliphatic heterocycles. The first kappa shape index (κ1) is 27.8. The van der Waals surface area contributed by atoms with E-state index in [1.54, 1.807) is 6.07 Å². The highest BCUT2D eigenvalue weighted by Gasteiger charge is 2.32. The minimum atomic E-state index is -4.67. The second-order valence-electron chi connectivity index (χ2n) is 9.20. The van der Waals surface area contributed by atoms with Crippen molar-refractivity contribution in [1.29, 1.82) is 0 Å². The lowest BCUT2D eigenvalue weighted by atomic mass is 9.98. The van der Waals surface area contributed by atoms with Gasteiger partial charge in [0.25, 0.3) is 5.91 Å². The summed E-state index contributed by atoms with van der Waals surface area (Å²) in [6.45, 7) is 0. The van der Waals surface area contributed by atoms with Gasteiger partial charge >= 0.3 is 6.18 Å². The first-order chi connectivity index (χ1) is 19.2. The van der Waals surface area contributed by atoms with Crippen molar-refractivity contribution in [3.63, 3.8) is 0 Å². The number of alkyl halides is 3. The molecule has 13 heteroatoms. The third kappa shape index (κ3) is 5.75. The lowest BCUT2D eigenvalue weighted by Crippen LogP contribution is -2.16. The predicted molar refractivity (Wildman–Crippen MR) is 144 cm³/mol. The molecule has 3 N–H and O–H groups in total. The van der Waals surface area contributed by atoms with Crippen molar-refractivity contribution in [3.05, 3.63) is 102 Å². The zero-order valence-corrected chi connectivity index (χ0v) is 21.8. The second kappa shape index (κ2) is 10.0. The number of carbonyl (C=O) groups is 1. The van der Waals surface area contributed by atoms with Gasteiger partial charge in [-0.3, -0.25) is 14.5 Å². The van der Waals surface area contributed by atoms with Crippen LogP contribution in [0.15, 0.2) is 79.0 Å². The number of hydrogen-bond donors (Lipinski definition) is 2. The summed E-state index contributed by atoms with van der Waals surface area (Å²) in [5.41, 5.74) is 6.03. The van der Waals surface area contributed by atoms with Crippen LogP contribution < -0.4 is 10.5 Å². The highest BCUT2D eigenvalue weighted by molar-refractivity contribution is 7.92.